The molecule has 4 nitrogen and oxygen atoms in total. The summed E-state index contributed by atoms with van der Waals surface area (Å²) in [5.41, 5.74) is 4.24. The molecule has 148 valence electrons. The highest BCUT2D eigenvalue weighted by atomic mass is 16.2. The molecule has 4 heteroatoms. The lowest BCUT2D eigenvalue weighted by molar-refractivity contribution is -0.121. The maximum atomic E-state index is 12.5. The molecular weight excluding hydrogens is 348 g/mol. The van der Waals surface area contributed by atoms with Crippen molar-refractivity contribution in [1.29, 1.82) is 0 Å². The molecule has 0 saturated carbocycles. The first-order valence-corrected chi connectivity index (χ1v) is 10.4. The van der Waals surface area contributed by atoms with Crippen LogP contribution in [0.3, 0.4) is 0 Å². The molecule has 2 aromatic carbocycles. The van der Waals surface area contributed by atoms with Gasteiger partial charge >= 0.3 is 0 Å². The predicted octanol–water partition coefficient (Wildman–Crippen LogP) is 4.12. The highest BCUT2D eigenvalue weighted by Gasteiger charge is 2.17. The number of aryl methyl sites for hydroxylation is 2. The van der Waals surface area contributed by atoms with E-state index >= 15 is 0 Å². The third-order valence-corrected chi connectivity index (χ3v) is 5.41. The molecule has 1 aliphatic heterocycles. The number of amides is 2. The van der Waals surface area contributed by atoms with Gasteiger partial charge < -0.3 is 10.2 Å². The molecule has 0 aromatic heterocycles. The lowest BCUT2D eigenvalue weighted by Gasteiger charge is -2.26. The van der Waals surface area contributed by atoms with Crippen molar-refractivity contribution >= 4 is 11.8 Å². The van der Waals surface area contributed by atoms with Crippen molar-refractivity contribution in [2.24, 2.45) is 0 Å². The summed E-state index contributed by atoms with van der Waals surface area (Å²) in [4.78, 5) is 26.6. The third kappa shape index (κ3) is 5.69. The zero-order valence-electron chi connectivity index (χ0n) is 16.7. The fraction of sp³-hybridized carbons (Fsp3) is 0.417. The van der Waals surface area contributed by atoms with Crippen molar-refractivity contribution in [3.05, 3.63) is 70.8 Å². The molecule has 0 bridgehead atoms. The van der Waals surface area contributed by atoms with Crippen LogP contribution in [0.5, 0.6) is 0 Å². The first-order chi connectivity index (χ1) is 13.7. The van der Waals surface area contributed by atoms with Gasteiger partial charge in [0.1, 0.15) is 0 Å². The van der Waals surface area contributed by atoms with E-state index in [1.54, 1.807) is 0 Å². The molecule has 3 rings (SSSR count). The van der Waals surface area contributed by atoms with Crippen LogP contribution in [0.1, 0.15) is 59.7 Å². The van der Waals surface area contributed by atoms with Gasteiger partial charge in [-0.1, -0.05) is 43.3 Å². The molecule has 0 radical (unpaired) electrons. The van der Waals surface area contributed by atoms with E-state index in [4.69, 9.17) is 0 Å². The van der Waals surface area contributed by atoms with E-state index in [1.807, 2.05) is 29.2 Å². The topological polar surface area (TPSA) is 49.4 Å². The van der Waals surface area contributed by atoms with Gasteiger partial charge in [0.25, 0.3) is 5.91 Å². The Kier molecular flexibility index (Phi) is 7.24. The van der Waals surface area contributed by atoms with Crippen molar-refractivity contribution in [3.8, 4) is 0 Å². The van der Waals surface area contributed by atoms with Crippen LogP contribution in [-0.4, -0.2) is 29.8 Å². The Morgan fingerprint density at radius 3 is 2.11 bits per heavy atom. The van der Waals surface area contributed by atoms with Crippen LogP contribution >= 0.6 is 0 Å². The Morgan fingerprint density at radius 1 is 0.857 bits per heavy atom. The van der Waals surface area contributed by atoms with Gasteiger partial charge in [-0.15, -0.1) is 0 Å². The lowest BCUT2D eigenvalue weighted by atomic mass is 10.1. The van der Waals surface area contributed by atoms with E-state index in [-0.39, 0.29) is 11.8 Å². The highest BCUT2D eigenvalue weighted by molar-refractivity contribution is 5.94. The Balaban J connectivity index is 1.43. The SMILES string of the molecule is CCc1ccc(CCC(=O)NCc2ccc(C(=O)N3CCCCC3)cc2)cc1. The average molecular weight is 379 g/mol. The summed E-state index contributed by atoms with van der Waals surface area (Å²) < 4.78 is 0. The molecule has 2 aromatic rings. The molecule has 28 heavy (non-hydrogen) atoms. The van der Waals surface area contributed by atoms with Crippen LogP contribution in [0, 0.1) is 0 Å². The third-order valence-electron chi connectivity index (χ3n) is 5.41. The minimum Gasteiger partial charge on any atom is -0.352 e. The average Bonchev–Trinajstić information content (AvgIpc) is 2.77. The Morgan fingerprint density at radius 2 is 1.46 bits per heavy atom. The Bertz CT molecular complexity index is 775. The summed E-state index contributed by atoms with van der Waals surface area (Å²) in [6, 6.07) is 16.1. The number of likely N-dealkylation sites (tertiary alicyclic amines) is 1. The summed E-state index contributed by atoms with van der Waals surface area (Å²) in [6.07, 6.45) is 5.67. The van der Waals surface area contributed by atoms with E-state index in [0.29, 0.717) is 13.0 Å². The largest absolute Gasteiger partial charge is 0.352 e. The van der Waals surface area contributed by atoms with Gasteiger partial charge in [0.2, 0.25) is 5.91 Å². The lowest BCUT2D eigenvalue weighted by Crippen LogP contribution is -2.35. The van der Waals surface area contributed by atoms with Gasteiger partial charge in [0.05, 0.1) is 0 Å². The van der Waals surface area contributed by atoms with Gasteiger partial charge in [-0.2, -0.15) is 0 Å². The zero-order chi connectivity index (χ0) is 19.8. The maximum absolute atomic E-state index is 12.5. The van der Waals surface area contributed by atoms with Gasteiger partial charge in [-0.3, -0.25) is 9.59 Å². The van der Waals surface area contributed by atoms with Gasteiger partial charge in [0, 0.05) is 31.6 Å². The summed E-state index contributed by atoms with van der Waals surface area (Å²) >= 11 is 0. The molecule has 0 aliphatic carbocycles. The van der Waals surface area contributed by atoms with E-state index in [2.05, 4.69) is 36.5 Å². The fourth-order valence-corrected chi connectivity index (χ4v) is 3.53. The number of hydrogen-bond donors (Lipinski definition) is 1. The highest BCUT2D eigenvalue weighted by Crippen LogP contribution is 2.14. The summed E-state index contributed by atoms with van der Waals surface area (Å²) in [5, 5.41) is 2.97. The number of rotatable bonds is 7. The van der Waals surface area contributed by atoms with E-state index in [1.165, 1.54) is 17.5 Å². The normalized spacial score (nSPS) is 14.0. The van der Waals surface area contributed by atoms with Crippen LogP contribution in [0.15, 0.2) is 48.5 Å². The van der Waals surface area contributed by atoms with Crippen LogP contribution in [0.4, 0.5) is 0 Å². The van der Waals surface area contributed by atoms with Crippen molar-refractivity contribution in [2.45, 2.75) is 52.0 Å². The molecule has 1 heterocycles. The quantitative estimate of drug-likeness (QED) is 0.788. The second-order valence-electron chi connectivity index (χ2n) is 7.50. The first kappa shape index (κ1) is 20.1. The molecule has 1 saturated heterocycles. The second-order valence-corrected chi connectivity index (χ2v) is 7.50. The van der Waals surface area contributed by atoms with Crippen LogP contribution in [-0.2, 0) is 24.2 Å². The molecule has 1 aliphatic rings. The molecule has 2 amide bonds. The molecule has 0 atom stereocenters. The van der Waals surface area contributed by atoms with Gasteiger partial charge in [-0.05, 0) is 60.9 Å². The van der Waals surface area contributed by atoms with E-state index in [0.717, 1.165) is 49.9 Å². The molecule has 0 spiro atoms. The number of carbonyl (C=O) groups excluding carboxylic acids is 2. The first-order valence-electron chi connectivity index (χ1n) is 10.4. The predicted molar refractivity (Wildman–Crippen MR) is 112 cm³/mol. The minimum absolute atomic E-state index is 0.0491. The fourth-order valence-electron chi connectivity index (χ4n) is 3.53. The van der Waals surface area contributed by atoms with Crippen molar-refractivity contribution < 1.29 is 9.59 Å². The number of carbonyl (C=O) groups is 2. The summed E-state index contributed by atoms with van der Waals surface area (Å²) in [7, 11) is 0. The number of benzene rings is 2. The van der Waals surface area contributed by atoms with Crippen molar-refractivity contribution in [3.63, 3.8) is 0 Å². The van der Waals surface area contributed by atoms with Crippen LogP contribution < -0.4 is 5.32 Å². The number of hydrogen-bond acceptors (Lipinski definition) is 2. The smallest absolute Gasteiger partial charge is 0.253 e. The van der Waals surface area contributed by atoms with Gasteiger partial charge in [-0.25, -0.2) is 0 Å². The standard InChI is InChI=1S/C24H30N2O2/c1-2-19-6-8-20(9-7-19)12-15-23(27)25-18-21-10-13-22(14-11-21)24(28)26-16-4-3-5-17-26/h6-11,13-14H,2-5,12,15-18H2,1H3,(H,25,27). The van der Waals surface area contributed by atoms with Crippen LogP contribution in [0.25, 0.3) is 0 Å². The number of nitrogens with zero attached hydrogens (tertiary/aromatic N) is 1. The van der Waals surface area contributed by atoms with Crippen LogP contribution in [0.2, 0.25) is 0 Å². The Labute approximate surface area is 167 Å². The molecule has 1 fully saturated rings. The van der Waals surface area contributed by atoms with E-state index in [9.17, 15) is 9.59 Å². The molecule has 0 unspecified atom stereocenters. The summed E-state index contributed by atoms with van der Waals surface area (Å²) in [5.74, 6) is 0.164. The monoisotopic (exact) mass is 378 g/mol. The molecule has 1 N–H and O–H groups in total. The van der Waals surface area contributed by atoms with Crippen molar-refractivity contribution in [1.82, 2.24) is 10.2 Å². The minimum atomic E-state index is 0.0491. The van der Waals surface area contributed by atoms with Gasteiger partial charge in [0.15, 0.2) is 0 Å². The number of nitrogens with one attached hydrogen (secondary N) is 1. The van der Waals surface area contributed by atoms with E-state index < -0.39 is 0 Å². The summed E-state index contributed by atoms with van der Waals surface area (Å²) in [6.45, 7) is 4.35. The van der Waals surface area contributed by atoms with Crippen molar-refractivity contribution in [2.75, 3.05) is 13.1 Å². The number of piperidine rings is 1. The zero-order valence-corrected chi connectivity index (χ0v) is 16.7. The Hall–Kier alpha value is -2.62. The molecular formula is C24H30N2O2. The maximum Gasteiger partial charge on any atom is 0.253 e. The second kappa shape index (κ2) is 10.1.